The molecule has 0 aliphatic carbocycles. The van der Waals surface area contributed by atoms with Gasteiger partial charge in [0.25, 0.3) is 0 Å². The van der Waals surface area contributed by atoms with Crippen LogP contribution in [0.25, 0.3) is 0 Å². The maximum atomic E-state index is 5.31. The maximum absolute atomic E-state index is 5.31. The van der Waals surface area contributed by atoms with E-state index in [1.807, 2.05) is 43.4 Å². The molecule has 2 N–H and O–H groups in total. The van der Waals surface area contributed by atoms with Crippen molar-refractivity contribution in [3.05, 3.63) is 48.2 Å². The highest BCUT2D eigenvalue weighted by Crippen LogP contribution is 2.19. The Bertz CT molecular complexity index is 514. The van der Waals surface area contributed by atoms with Crippen LogP contribution in [0.5, 0.6) is 5.75 Å². The number of hydrogen-bond acceptors (Lipinski definition) is 4. The lowest BCUT2D eigenvalue weighted by Crippen LogP contribution is -2.02. The van der Waals surface area contributed by atoms with Crippen LogP contribution in [0.4, 0.5) is 11.5 Å². The number of anilines is 2. The third kappa shape index (κ3) is 2.91. The summed E-state index contributed by atoms with van der Waals surface area (Å²) in [7, 11) is 3.54. The van der Waals surface area contributed by atoms with Crippen LogP contribution < -0.4 is 15.4 Å². The van der Waals surface area contributed by atoms with Gasteiger partial charge in [-0.2, -0.15) is 0 Å². The van der Waals surface area contributed by atoms with Gasteiger partial charge in [0.1, 0.15) is 11.6 Å². The van der Waals surface area contributed by atoms with Gasteiger partial charge in [0.2, 0.25) is 0 Å². The van der Waals surface area contributed by atoms with Crippen molar-refractivity contribution in [2.75, 3.05) is 24.8 Å². The van der Waals surface area contributed by atoms with E-state index in [2.05, 4.69) is 15.6 Å². The average Bonchev–Trinajstić information content (AvgIpc) is 2.45. The predicted molar refractivity (Wildman–Crippen MR) is 74.1 cm³/mol. The van der Waals surface area contributed by atoms with Crippen LogP contribution in [0.15, 0.2) is 42.6 Å². The minimum atomic E-state index is 0.719. The summed E-state index contributed by atoms with van der Waals surface area (Å²) < 4.78 is 5.31. The van der Waals surface area contributed by atoms with Gasteiger partial charge in [0.05, 0.1) is 7.11 Å². The molecule has 0 atom stereocenters. The molecule has 0 unspecified atom stereocenters. The van der Waals surface area contributed by atoms with Gasteiger partial charge in [0.15, 0.2) is 0 Å². The van der Waals surface area contributed by atoms with Crippen molar-refractivity contribution in [2.24, 2.45) is 0 Å². The van der Waals surface area contributed by atoms with Crippen molar-refractivity contribution in [3.8, 4) is 5.75 Å². The van der Waals surface area contributed by atoms with Gasteiger partial charge >= 0.3 is 0 Å². The fourth-order valence-corrected chi connectivity index (χ4v) is 1.72. The van der Waals surface area contributed by atoms with Crippen molar-refractivity contribution < 1.29 is 4.74 Å². The number of rotatable bonds is 5. The molecule has 18 heavy (non-hydrogen) atoms. The molecule has 4 heteroatoms. The Kier molecular flexibility index (Phi) is 4.02. The first-order valence-electron chi connectivity index (χ1n) is 5.83. The fourth-order valence-electron chi connectivity index (χ4n) is 1.72. The second-order valence-electron chi connectivity index (χ2n) is 3.85. The van der Waals surface area contributed by atoms with Crippen LogP contribution in [0.2, 0.25) is 0 Å². The Labute approximate surface area is 107 Å². The van der Waals surface area contributed by atoms with Crippen molar-refractivity contribution in [1.82, 2.24) is 4.98 Å². The van der Waals surface area contributed by atoms with Crippen LogP contribution in [0, 0.1) is 0 Å². The van der Waals surface area contributed by atoms with Crippen LogP contribution in [-0.4, -0.2) is 19.1 Å². The summed E-state index contributed by atoms with van der Waals surface area (Å²) in [6.07, 6.45) is 1.77. The molecule has 0 saturated heterocycles. The average molecular weight is 243 g/mol. The zero-order chi connectivity index (χ0) is 12.8. The van der Waals surface area contributed by atoms with Gasteiger partial charge in [0, 0.05) is 37.1 Å². The van der Waals surface area contributed by atoms with E-state index in [1.165, 1.54) is 0 Å². The first-order chi connectivity index (χ1) is 8.83. The topological polar surface area (TPSA) is 46.2 Å². The number of nitrogens with zero attached hydrogens (tertiary/aromatic N) is 1. The predicted octanol–water partition coefficient (Wildman–Crippen LogP) is 2.74. The van der Waals surface area contributed by atoms with E-state index in [0.29, 0.717) is 0 Å². The van der Waals surface area contributed by atoms with Crippen LogP contribution in [-0.2, 0) is 6.54 Å². The molecule has 0 aliphatic rings. The lowest BCUT2D eigenvalue weighted by molar-refractivity contribution is 0.410. The smallest absolute Gasteiger partial charge is 0.127 e. The van der Waals surface area contributed by atoms with Crippen molar-refractivity contribution >= 4 is 11.5 Å². The molecule has 1 aromatic heterocycles. The molecule has 2 aromatic rings. The number of aromatic nitrogens is 1. The largest absolute Gasteiger partial charge is 0.496 e. The SMILES string of the molecule is CNc1cc(NCc2ccccc2OC)ccn1. The molecule has 0 fully saturated rings. The maximum Gasteiger partial charge on any atom is 0.127 e. The Hall–Kier alpha value is -2.23. The molecular formula is C14H17N3O. The summed E-state index contributed by atoms with van der Waals surface area (Å²) >= 11 is 0. The minimum Gasteiger partial charge on any atom is -0.496 e. The molecule has 0 bridgehead atoms. The number of pyridine rings is 1. The Morgan fingerprint density at radius 2 is 2.06 bits per heavy atom. The van der Waals surface area contributed by atoms with E-state index in [4.69, 9.17) is 4.74 Å². The van der Waals surface area contributed by atoms with E-state index in [1.54, 1.807) is 13.3 Å². The van der Waals surface area contributed by atoms with Crippen LogP contribution in [0.1, 0.15) is 5.56 Å². The Morgan fingerprint density at radius 1 is 1.22 bits per heavy atom. The standard InChI is InChI=1S/C14H17N3O/c1-15-14-9-12(7-8-16-14)17-10-11-5-3-4-6-13(11)18-2/h3-9H,10H2,1-2H3,(H2,15,16,17). The Morgan fingerprint density at radius 3 is 2.83 bits per heavy atom. The first-order valence-corrected chi connectivity index (χ1v) is 5.83. The monoisotopic (exact) mass is 243 g/mol. The van der Waals surface area contributed by atoms with Gasteiger partial charge in [-0.3, -0.25) is 0 Å². The number of para-hydroxylation sites is 1. The summed E-state index contributed by atoms with van der Waals surface area (Å²) in [6, 6.07) is 11.9. The molecule has 0 radical (unpaired) electrons. The van der Waals surface area contributed by atoms with E-state index in [0.717, 1.165) is 29.4 Å². The molecule has 0 saturated carbocycles. The second kappa shape index (κ2) is 5.91. The number of benzene rings is 1. The highest BCUT2D eigenvalue weighted by atomic mass is 16.5. The summed E-state index contributed by atoms with van der Waals surface area (Å²) in [5, 5.41) is 6.36. The van der Waals surface area contributed by atoms with E-state index >= 15 is 0 Å². The van der Waals surface area contributed by atoms with Crippen LogP contribution >= 0.6 is 0 Å². The highest BCUT2D eigenvalue weighted by Gasteiger charge is 2.01. The molecule has 0 spiro atoms. The number of methoxy groups -OCH3 is 1. The van der Waals surface area contributed by atoms with Gasteiger partial charge in [-0.15, -0.1) is 0 Å². The molecule has 0 aliphatic heterocycles. The van der Waals surface area contributed by atoms with Gasteiger partial charge in [-0.25, -0.2) is 4.98 Å². The summed E-state index contributed by atoms with van der Waals surface area (Å²) in [5.41, 5.74) is 2.16. The molecule has 1 heterocycles. The number of ether oxygens (including phenoxy) is 1. The van der Waals surface area contributed by atoms with Crippen LogP contribution in [0.3, 0.4) is 0 Å². The lowest BCUT2D eigenvalue weighted by atomic mass is 10.2. The van der Waals surface area contributed by atoms with Crippen molar-refractivity contribution in [1.29, 1.82) is 0 Å². The van der Waals surface area contributed by atoms with E-state index in [-0.39, 0.29) is 0 Å². The summed E-state index contributed by atoms with van der Waals surface area (Å²) in [5.74, 6) is 1.74. The molecule has 0 amide bonds. The van der Waals surface area contributed by atoms with Gasteiger partial charge < -0.3 is 15.4 Å². The summed E-state index contributed by atoms with van der Waals surface area (Å²) in [4.78, 5) is 4.17. The highest BCUT2D eigenvalue weighted by molar-refractivity contribution is 5.52. The summed E-state index contributed by atoms with van der Waals surface area (Å²) in [6.45, 7) is 0.719. The van der Waals surface area contributed by atoms with Crippen molar-refractivity contribution in [2.45, 2.75) is 6.54 Å². The second-order valence-corrected chi connectivity index (χ2v) is 3.85. The lowest BCUT2D eigenvalue weighted by Gasteiger charge is -2.11. The minimum absolute atomic E-state index is 0.719. The van der Waals surface area contributed by atoms with E-state index in [9.17, 15) is 0 Å². The number of hydrogen-bond donors (Lipinski definition) is 2. The normalized spacial score (nSPS) is 9.89. The molecule has 4 nitrogen and oxygen atoms in total. The molecule has 1 aromatic carbocycles. The van der Waals surface area contributed by atoms with E-state index < -0.39 is 0 Å². The Balaban J connectivity index is 2.06. The zero-order valence-electron chi connectivity index (χ0n) is 10.6. The zero-order valence-corrected chi connectivity index (χ0v) is 10.6. The molecule has 94 valence electrons. The fraction of sp³-hybridized carbons (Fsp3) is 0.214. The third-order valence-corrected chi connectivity index (χ3v) is 2.69. The van der Waals surface area contributed by atoms with Crippen molar-refractivity contribution in [3.63, 3.8) is 0 Å². The number of nitrogens with one attached hydrogen (secondary N) is 2. The molecule has 2 rings (SSSR count). The van der Waals surface area contributed by atoms with Gasteiger partial charge in [-0.05, 0) is 12.1 Å². The third-order valence-electron chi connectivity index (χ3n) is 2.69. The quantitative estimate of drug-likeness (QED) is 0.847. The first kappa shape index (κ1) is 12.2. The van der Waals surface area contributed by atoms with Gasteiger partial charge in [-0.1, -0.05) is 18.2 Å². The molecular weight excluding hydrogens is 226 g/mol.